The summed E-state index contributed by atoms with van der Waals surface area (Å²) in [5.41, 5.74) is 4.28. The van der Waals surface area contributed by atoms with E-state index >= 15 is 0 Å². The third kappa shape index (κ3) is 10.9. The Kier molecular flexibility index (Phi) is 7.37. The van der Waals surface area contributed by atoms with Crippen molar-refractivity contribution in [1.82, 2.24) is 10.4 Å². The second-order valence-corrected chi connectivity index (χ2v) is 13.4. The summed E-state index contributed by atoms with van der Waals surface area (Å²) in [6.45, 7) is 18.6. The van der Waals surface area contributed by atoms with Crippen LogP contribution in [0.4, 0.5) is 9.59 Å². The van der Waals surface area contributed by atoms with Gasteiger partial charge in [0.25, 0.3) is 0 Å². The first-order valence-electron chi connectivity index (χ1n) is 8.05. The van der Waals surface area contributed by atoms with Gasteiger partial charge >= 0.3 is 12.2 Å². The summed E-state index contributed by atoms with van der Waals surface area (Å²) in [4.78, 5) is 24.4. The number of hydrazine groups is 1. The van der Waals surface area contributed by atoms with Gasteiger partial charge in [0, 0.05) is 0 Å². The van der Waals surface area contributed by atoms with E-state index in [-0.39, 0.29) is 0 Å². The molecule has 2 amide bonds. The first-order valence-corrected chi connectivity index (χ1v) is 11.5. The molecule has 0 rings (SSSR count). The van der Waals surface area contributed by atoms with Crippen molar-refractivity contribution in [1.29, 1.82) is 0 Å². The number of ether oxygens (including phenoxy) is 2. The van der Waals surface area contributed by atoms with Crippen LogP contribution in [0.5, 0.6) is 0 Å². The fraction of sp³-hybridized carbons (Fsp3) is 0.765. The molecule has 0 saturated heterocycles. The minimum Gasteiger partial charge on any atom is -0.443 e. The van der Waals surface area contributed by atoms with Gasteiger partial charge in [0.05, 0.1) is 0 Å². The van der Waals surface area contributed by atoms with Crippen LogP contribution in [0.25, 0.3) is 0 Å². The van der Waals surface area contributed by atoms with Crippen molar-refractivity contribution >= 4 is 20.3 Å². The number of carbonyl (C=O) groups excluding carboxylic acids is 2. The Labute approximate surface area is 147 Å². The van der Waals surface area contributed by atoms with Crippen LogP contribution in [0.2, 0.25) is 19.6 Å². The Hall–Kier alpha value is -1.68. The summed E-state index contributed by atoms with van der Waals surface area (Å²) in [6, 6.07) is -0.543. The minimum absolute atomic E-state index is 0.543. The number of amides is 2. The second kappa shape index (κ2) is 7.93. The molecule has 0 aliphatic heterocycles. The standard InChI is InChI=1S/C17H32N2O4Si/c1-13(11-12-24(8,9)10)19(15(21)23-17(5,6)7)18-14(20)22-16(2,3)4/h13H,1-10H3,(H,18,20)/t13-/m0/s1. The number of carbonyl (C=O) groups is 2. The van der Waals surface area contributed by atoms with E-state index in [0.717, 1.165) is 5.01 Å². The van der Waals surface area contributed by atoms with E-state index in [1.165, 1.54) is 0 Å². The van der Waals surface area contributed by atoms with Gasteiger partial charge in [-0.25, -0.2) is 20.0 Å². The van der Waals surface area contributed by atoms with Gasteiger partial charge in [-0.2, -0.15) is 0 Å². The molecule has 0 saturated carbocycles. The third-order valence-corrected chi connectivity index (χ3v) is 3.14. The molecule has 1 N–H and O–H groups in total. The molecular weight excluding hydrogens is 324 g/mol. The van der Waals surface area contributed by atoms with Crippen molar-refractivity contribution in [3.8, 4) is 11.5 Å². The second-order valence-electron chi connectivity index (χ2n) is 8.66. The number of nitrogens with zero attached hydrogens (tertiary/aromatic N) is 1. The van der Waals surface area contributed by atoms with E-state index in [4.69, 9.17) is 9.47 Å². The number of hydrogen-bond donors (Lipinski definition) is 1. The predicted octanol–water partition coefficient (Wildman–Crippen LogP) is 3.93. The van der Waals surface area contributed by atoms with Crippen molar-refractivity contribution in [3.63, 3.8) is 0 Å². The SMILES string of the molecule is C[C@@H](C#C[Si](C)(C)C)N(NC(=O)OC(C)(C)C)C(=O)OC(C)(C)C. The van der Waals surface area contributed by atoms with Crippen molar-refractivity contribution in [2.45, 2.75) is 85.4 Å². The molecule has 0 aliphatic rings. The van der Waals surface area contributed by atoms with E-state index < -0.39 is 37.5 Å². The molecule has 0 fully saturated rings. The fourth-order valence-corrected chi connectivity index (χ4v) is 2.04. The van der Waals surface area contributed by atoms with Crippen LogP contribution < -0.4 is 5.43 Å². The summed E-state index contributed by atoms with van der Waals surface area (Å²) >= 11 is 0. The number of nitrogens with one attached hydrogen (secondary N) is 1. The molecular formula is C17H32N2O4Si. The maximum atomic E-state index is 12.4. The Morgan fingerprint density at radius 1 is 1.00 bits per heavy atom. The van der Waals surface area contributed by atoms with Crippen LogP contribution in [0.1, 0.15) is 48.5 Å². The Morgan fingerprint density at radius 3 is 1.83 bits per heavy atom. The zero-order chi connectivity index (χ0) is 19.3. The average molecular weight is 357 g/mol. The van der Waals surface area contributed by atoms with Crippen molar-refractivity contribution in [2.24, 2.45) is 0 Å². The maximum Gasteiger partial charge on any atom is 0.430 e. The monoisotopic (exact) mass is 356 g/mol. The molecule has 7 heteroatoms. The van der Waals surface area contributed by atoms with Gasteiger partial charge in [0.2, 0.25) is 0 Å². The molecule has 0 spiro atoms. The summed E-state index contributed by atoms with van der Waals surface area (Å²) in [7, 11) is -1.61. The molecule has 0 aromatic carbocycles. The van der Waals surface area contributed by atoms with E-state index in [1.54, 1.807) is 48.5 Å². The van der Waals surface area contributed by atoms with Crippen molar-refractivity contribution in [2.75, 3.05) is 0 Å². The van der Waals surface area contributed by atoms with Gasteiger partial charge in [0.1, 0.15) is 25.3 Å². The van der Waals surface area contributed by atoms with Gasteiger partial charge in [-0.15, -0.1) is 5.54 Å². The highest BCUT2D eigenvalue weighted by Crippen LogP contribution is 2.12. The topological polar surface area (TPSA) is 67.9 Å². The summed E-state index contributed by atoms with van der Waals surface area (Å²) < 4.78 is 10.5. The van der Waals surface area contributed by atoms with Crippen LogP contribution in [0.3, 0.4) is 0 Å². The molecule has 0 unspecified atom stereocenters. The molecule has 138 valence electrons. The minimum atomic E-state index is -1.61. The fourth-order valence-electron chi connectivity index (χ4n) is 1.40. The third-order valence-electron chi connectivity index (χ3n) is 2.24. The molecule has 24 heavy (non-hydrogen) atoms. The van der Waals surface area contributed by atoms with E-state index in [9.17, 15) is 9.59 Å². The zero-order valence-corrected chi connectivity index (χ0v) is 17.7. The largest absolute Gasteiger partial charge is 0.443 e. The lowest BCUT2D eigenvalue weighted by Gasteiger charge is -2.30. The molecule has 6 nitrogen and oxygen atoms in total. The lowest BCUT2D eigenvalue weighted by atomic mass is 10.2. The van der Waals surface area contributed by atoms with Crippen molar-refractivity contribution in [3.05, 3.63) is 0 Å². The molecule has 1 atom stereocenters. The quantitative estimate of drug-likeness (QED) is 0.439. The molecule has 0 aromatic rings. The Bertz CT molecular complexity index is 516. The summed E-state index contributed by atoms with van der Waals surface area (Å²) in [6.07, 6.45) is -1.40. The highest BCUT2D eigenvalue weighted by Gasteiger charge is 2.29. The molecule has 0 bridgehead atoms. The Morgan fingerprint density at radius 2 is 1.46 bits per heavy atom. The van der Waals surface area contributed by atoms with E-state index in [1.807, 2.05) is 0 Å². The molecule has 0 aliphatic carbocycles. The molecule has 0 aromatic heterocycles. The highest BCUT2D eigenvalue weighted by atomic mass is 28.3. The van der Waals surface area contributed by atoms with Gasteiger partial charge in [0.15, 0.2) is 0 Å². The molecule has 0 radical (unpaired) electrons. The van der Waals surface area contributed by atoms with E-state index in [2.05, 4.69) is 36.5 Å². The number of hydrogen-bond acceptors (Lipinski definition) is 4. The normalized spacial score (nSPS) is 13.2. The lowest BCUT2D eigenvalue weighted by Crippen LogP contribution is -2.53. The predicted molar refractivity (Wildman–Crippen MR) is 98.0 cm³/mol. The van der Waals surface area contributed by atoms with Gasteiger partial charge in [-0.3, -0.25) is 0 Å². The molecule has 0 heterocycles. The maximum absolute atomic E-state index is 12.4. The van der Waals surface area contributed by atoms with Crippen LogP contribution in [0, 0.1) is 11.5 Å². The smallest absolute Gasteiger partial charge is 0.430 e. The van der Waals surface area contributed by atoms with Gasteiger partial charge in [-0.05, 0) is 48.5 Å². The summed E-state index contributed by atoms with van der Waals surface area (Å²) in [5, 5.41) is 1.08. The van der Waals surface area contributed by atoms with Crippen molar-refractivity contribution < 1.29 is 19.1 Å². The number of rotatable bonds is 1. The highest BCUT2D eigenvalue weighted by molar-refractivity contribution is 6.83. The first kappa shape index (κ1) is 22.3. The van der Waals surface area contributed by atoms with Crippen LogP contribution in [-0.2, 0) is 9.47 Å². The zero-order valence-electron chi connectivity index (χ0n) is 16.7. The van der Waals surface area contributed by atoms with Gasteiger partial charge < -0.3 is 9.47 Å². The van der Waals surface area contributed by atoms with Crippen LogP contribution in [-0.4, -0.2) is 42.5 Å². The first-order chi connectivity index (χ1) is 10.5. The van der Waals surface area contributed by atoms with Gasteiger partial charge in [-0.1, -0.05) is 25.6 Å². The Balaban J connectivity index is 5.32. The lowest BCUT2D eigenvalue weighted by molar-refractivity contribution is -0.00259. The van der Waals surface area contributed by atoms with Crippen LogP contribution in [0.15, 0.2) is 0 Å². The summed E-state index contributed by atoms with van der Waals surface area (Å²) in [5.74, 6) is 3.02. The van der Waals surface area contributed by atoms with Crippen LogP contribution >= 0.6 is 0 Å². The average Bonchev–Trinajstić information content (AvgIpc) is 2.27. The van der Waals surface area contributed by atoms with E-state index in [0.29, 0.717) is 0 Å².